The van der Waals surface area contributed by atoms with Gasteiger partial charge < -0.3 is 16.0 Å². The van der Waals surface area contributed by atoms with Gasteiger partial charge in [0, 0.05) is 12.2 Å². The molecular formula is C13H16N3O2W+. The third-order valence-electron chi connectivity index (χ3n) is 3.72. The van der Waals surface area contributed by atoms with Crippen molar-refractivity contribution in [1.29, 1.82) is 0 Å². The summed E-state index contributed by atoms with van der Waals surface area (Å²) in [4.78, 5) is 24.3. The number of imide groups is 1. The average Bonchev–Trinajstić information content (AvgIpc) is 2.64. The van der Waals surface area contributed by atoms with E-state index < -0.39 is 11.9 Å². The van der Waals surface area contributed by atoms with Gasteiger partial charge >= 0.3 is 21.1 Å². The van der Waals surface area contributed by atoms with Gasteiger partial charge in [-0.05, 0) is 55.6 Å². The summed E-state index contributed by atoms with van der Waals surface area (Å²) in [6.45, 7) is 7.79. The van der Waals surface area contributed by atoms with Crippen molar-refractivity contribution in [2.75, 3.05) is 17.2 Å². The molecule has 0 aliphatic carbocycles. The molecule has 100 valence electrons. The van der Waals surface area contributed by atoms with Crippen LogP contribution in [0.2, 0.25) is 0 Å². The summed E-state index contributed by atoms with van der Waals surface area (Å²) in [7, 11) is 0. The summed E-state index contributed by atoms with van der Waals surface area (Å²) in [6.07, 6.45) is 0. The molecule has 2 N–H and O–H groups in total. The molecule has 0 aromatic heterocycles. The van der Waals surface area contributed by atoms with Crippen LogP contribution in [0.25, 0.3) is 5.32 Å². The molecule has 3 amide bonds. The number of carbonyl (C=O) groups excluding carboxylic acids is 2. The van der Waals surface area contributed by atoms with Gasteiger partial charge in [0.05, 0.1) is 0 Å². The smallest absolute Gasteiger partial charge is 0.401 e. The number of benzene rings is 1. The third kappa shape index (κ3) is 2.39. The number of nitrogens with two attached hydrogens (primary N) is 1. The predicted octanol–water partition coefficient (Wildman–Crippen LogP) is 2.34. The maximum absolute atomic E-state index is 11.7. The number of anilines is 2. The molecule has 2 rings (SSSR count). The number of rotatable bonds is 1. The third-order valence-corrected chi connectivity index (χ3v) is 3.72. The van der Waals surface area contributed by atoms with E-state index >= 15 is 0 Å². The Labute approximate surface area is 126 Å². The van der Waals surface area contributed by atoms with E-state index in [1.54, 1.807) is 0 Å². The van der Waals surface area contributed by atoms with Gasteiger partial charge in [0.1, 0.15) is 5.91 Å². The minimum Gasteiger partial charge on any atom is -0.401 e. The van der Waals surface area contributed by atoms with Gasteiger partial charge in [-0.3, -0.25) is 9.59 Å². The van der Waals surface area contributed by atoms with E-state index in [1.165, 1.54) is 4.90 Å². The van der Waals surface area contributed by atoms with E-state index in [9.17, 15) is 9.59 Å². The number of amides is 3. The van der Waals surface area contributed by atoms with Crippen molar-refractivity contribution in [2.45, 2.75) is 27.7 Å². The summed E-state index contributed by atoms with van der Waals surface area (Å²) in [6, 6.07) is -0.530. The van der Waals surface area contributed by atoms with Crippen LogP contribution in [0.5, 0.6) is 0 Å². The zero-order valence-electron chi connectivity index (χ0n) is 11.4. The van der Waals surface area contributed by atoms with Gasteiger partial charge in [-0.2, -0.15) is 0 Å². The molecule has 6 heteroatoms. The number of nitrogens with zero attached hydrogens (tertiary/aromatic N) is 2. The molecule has 0 bridgehead atoms. The molecule has 19 heavy (non-hydrogen) atoms. The van der Waals surface area contributed by atoms with Crippen LogP contribution in [0.4, 0.5) is 16.2 Å². The zero-order valence-corrected chi connectivity index (χ0v) is 14.3. The largest absolute Gasteiger partial charge is 2.00 e. The van der Waals surface area contributed by atoms with Crippen LogP contribution < -0.4 is 10.6 Å². The fraction of sp³-hybridized carbons (Fsp3) is 0.385. The number of carbonyl (C=O) groups is 2. The number of nitrogen functional groups attached to an aromatic ring is 1. The molecule has 0 unspecified atom stereocenters. The average molecular weight is 430 g/mol. The van der Waals surface area contributed by atoms with Crippen LogP contribution in [-0.4, -0.2) is 18.5 Å². The Hall–Kier alpha value is -1.35. The predicted molar refractivity (Wildman–Crippen MR) is 70.9 cm³/mol. The van der Waals surface area contributed by atoms with Crippen molar-refractivity contribution in [3.8, 4) is 0 Å². The molecule has 1 saturated heterocycles. The Bertz CT molecular complexity index is 540. The molecule has 1 aliphatic heterocycles. The van der Waals surface area contributed by atoms with Gasteiger partial charge in [-0.1, -0.05) is 0 Å². The molecule has 0 atom stereocenters. The molecule has 0 radical (unpaired) electrons. The van der Waals surface area contributed by atoms with Gasteiger partial charge in [0.2, 0.25) is 0 Å². The number of hydrogen-bond acceptors (Lipinski definition) is 3. The fourth-order valence-electron chi connectivity index (χ4n) is 2.25. The maximum Gasteiger partial charge on any atom is 2.00 e. The minimum atomic E-state index is -0.530. The molecular weight excluding hydrogens is 414 g/mol. The van der Waals surface area contributed by atoms with E-state index in [2.05, 4.69) is 5.32 Å². The van der Waals surface area contributed by atoms with Crippen molar-refractivity contribution in [1.82, 2.24) is 0 Å². The summed E-state index contributed by atoms with van der Waals surface area (Å²) in [5.41, 5.74) is 11.3. The van der Waals surface area contributed by atoms with E-state index in [0.717, 1.165) is 22.3 Å². The monoisotopic (exact) mass is 430 g/mol. The molecule has 1 aromatic carbocycles. The second-order valence-electron chi connectivity index (χ2n) is 4.64. The van der Waals surface area contributed by atoms with Gasteiger partial charge in [-0.25, -0.2) is 0 Å². The standard InChI is InChI=1S/C13H17N3O2.W/c1-6-7(2)9(4)12(11(14)8(6)3)16-5-10(17)15-13(16)18;/h5,14H2,1-4H3,(H,15,17,18);/q;+2/p-1. The molecule has 1 aliphatic rings. The Kier molecular flexibility index (Phi) is 4.41. The Morgan fingerprint density at radius 3 is 2.00 bits per heavy atom. The summed E-state index contributed by atoms with van der Waals surface area (Å²) < 4.78 is 0. The first kappa shape index (κ1) is 15.7. The van der Waals surface area contributed by atoms with Crippen LogP contribution >= 0.6 is 0 Å². The van der Waals surface area contributed by atoms with Crippen molar-refractivity contribution < 1.29 is 30.7 Å². The van der Waals surface area contributed by atoms with Crippen LogP contribution in [0.15, 0.2) is 0 Å². The van der Waals surface area contributed by atoms with E-state index in [0.29, 0.717) is 11.4 Å². The second kappa shape index (κ2) is 5.33. The molecule has 1 fully saturated rings. The molecule has 0 saturated carbocycles. The summed E-state index contributed by atoms with van der Waals surface area (Å²) >= 11 is 0. The van der Waals surface area contributed by atoms with Crippen molar-refractivity contribution >= 4 is 23.3 Å². The quantitative estimate of drug-likeness (QED) is 0.549. The molecule has 1 aromatic rings. The maximum atomic E-state index is 11.7. The first-order valence-corrected chi connectivity index (χ1v) is 5.76. The first-order valence-electron chi connectivity index (χ1n) is 5.76. The van der Waals surface area contributed by atoms with E-state index in [-0.39, 0.29) is 27.6 Å². The molecule has 1 heterocycles. The topological polar surface area (TPSA) is 77.5 Å². The van der Waals surface area contributed by atoms with Gasteiger partial charge in [-0.15, -0.1) is 0 Å². The van der Waals surface area contributed by atoms with Crippen molar-refractivity contribution in [3.05, 3.63) is 27.6 Å². The minimum absolute atomic E-state index is 0. The van der Waals surface area contributed by atoms with Crippen LogP contribution in [0.3, 0.4) is 0 Å². The normalized spacial score (nSPS) is 14.4. The van der Waals surface area contributed by atoms with Crippen LogP contribution in [-0.2, 0) is 25.9 Å². The summed E-state index contributed by atoms with van der Waals surface area (Å²) in [5, 5.41) is 3.40. The van der Waals surface area contributed by atoms with Crippen molar-refractivity contribution in [2.24, 2.45) is 0 Å². The van der Waals surface area contributed by atoms with Crippen LogP contribution in [0, 0.1) is 27.7 Å². The number of hydrogen-bond donors (Lipinski definition) is 1. The number of urea groups is 1. The fourth-order valence-corrected chi connectivity index (χ4v) is 2.25. The SMILES string of the molecule is Cc1c(C)c(C)c(N2CC(=O)[N-]C2=O)c(N)c1C.[W+2]. The Morgan fingerprint density at radius 1 is 1.00 bits per heavy atom. The van der Waals surface area contributed by atoms with E-state index in [4.69, 9.17) is 5.73 Å². The van der Waals surface area contributed by atoms with Gasteiger partial charge in [0.15, 0.2) is 6.03 Å². The Balaban J connectivity index is 0.00000180. The second-order valence-corrected chi connectivity index (χ2v) is 4.64. The molecule has 0 spiro atoms. The summed E-state index contributed by atoms with van der Waals surface area (Å²) in [5.74, 6) is -0.422. The first-order chi connectivity index (χ1) is 8.34. The zero-order chi connectivity index (χ0) is 13.6. The van der Waals surface area contributed by atoms with E-state index in [1.807, 2.05) is 27.7 Å². The van der Waals surface area contributed by atoms with Crippen LogP contribution in [0.1, 0.15) is 22.3 Å². The molecule has 5 nitrogen and oxygen atoms in total. The Morgan fingerprint density at radius 2 is 1.53 bits per heavy atom. The van der Waals surface area contributed by atoms with Crippen molar-refractivity contribution in [3.63, 3.8) is 0 Å². The van der Waals surface area contributed by atoms with Gasteiger partial charge in [0.25, 0.3) is 0 Å².